The van der Waals surface area contributed by atoms with Crippen LogP contribution in [0.4, 0.5) is 11.4 Å². The molecule has 2 atom stereocenters. The van der Waals surface area contributed by atoms with Crippen LogP contribution in [0, 0.1) is 13.8 Å². The third kappa shape index (κ3) is 5.13. The third-order valence-corrected chi connectivity index (χ3v) is 7.20. The number of carbonyl (C=O) groups excluding carboxylic acids is 1. The number of anilines is 2. The van der Waals surface area contributed by atoms with Gasteiger partial charge in [0.2, 0.25) is 0 Å². The fourth-order valence-electron chi connectivity index (χ4n) is 5.13. The standard InChI is InChI=1S/C30H31N5O2S/c1-4-34-20(2)18-25(21(34)3)29-28(26-12-8-9-17-31-26)33-30(38)35(29)23-15-13-22(14-16-23)32-27(36)19-37-24-10-6-5-7-11-24/h5-18,28-29H,4,19H2,1-3H3,(H,32,36)(H,33,38)/t28-,29+/m1/s1. The van der Waals surface area contributed by atoms with Gasteiger partial charge in [0.1, 0.15) is 5.75 Å². The first-order chi connectivity index (χ1) is 18.5. The van der Waals surface area contributed by atoms with Gasteiger partial charge in [0.15, 0.2) is 11.7 Å². The van der Waals surface area contributed by atoms with Crippen molar-refractivity contribution in [3.8, 4) is 5.75 Å². The van der Waals surface area contributed by atoms with Crippen molar-refractivity contribution in [3.63, 3.8) is 0 Å². The highest BCUT2D eigenvalue weighted by molar-refractivity contribution is 7.80. The molecule has 3 heterocycles. The molecule has 0 unspecified atom stereocenters. The molecule has 2 aromatic heterocycles. The molecule has 2 N–H and O–H groups in total. The van der Waals surface area contributed by atoms with Crippen molar-refractivity contribution < 1.29 is 9.53 Å². The van der Waals surface area contributed by atoms with Gasteiger partial charge in [0.25, 0.3) is 5.91 Å². The summed E-state index contributed by atoms with van der Waals surface area (Å²) >= 11 is 5.87. The molecule has 194 valence electrons. The number of thiocarbonyl (C=S) groups is 1. The molecule has 1 saturated heterocycles. The molecule has 4 aromatic rings. The molecule has 5 rings (SSSR count). The second kappa shape index (κ2) is 11.1. The van der Waals surface area contributed by atoms with E-state index < -0.39 is 0 Å². The van der Waals surface area contributed by atoms with E-state index in [0.29, 0.717) is 16.5 Å². The Bertz CT molecular complexity index is 1420. The zero-order chi connectivity index (χ0) is 26.6. The largest absolute Gasteiger partial charge is 0.484 e. The van der Waals surface area contributed by atoms with Crippen molar-refractivity contribution >= 4 is 34.6 Å². The fourth-order valence-corrected chi connectivity index (χ4v) is 5.48. The van der Waals surface area contributed by atoms with Crippen LogP contribution >= 0.6 is 12.2 Å². The number of aromatic nitrogens is 2. The van der Waals surface area contributed by atoms with E-state index in [0.717, 1.165) is 17.9 Å². The van der Waals surface area contributed by atoms with E-state index in [4.69, 9.17) is 17.0 Å². The summed E-state index contributed by atoms with van der Waals surface area (Å²) < 4.78 is 7.87. The van der Waals surface area contributed by atoms with Gasteiger partial charge in [-0.1, -0.05) is 24.3 Å². The van der Waals surface area contributed by atoms with E-state index in [-0.39, 0.29) is 24.6 Å². The maximum atomic E-state index is 12.4. The van der Waals surface area contributed by atoms with Crippen molar-refractivity contribution in [2.24, 2.45) is 0 Å². The van der Waals surface area contributed by atoms with Gasteiger partial charge in [0.05, 0.1) is 17.8 Å². The minimum atomic E-state index is -0.222. The smallest absolute Gasteiger partial charge is 0.262 e. The molecule has 0 aliphatic carbocycles. The van der Waals surface area contributed by atoms with Crippen molar-refractivity contribution in [1.82, 2.24) is 14.9 Å². The summed E-state index contributed by atoms with van der Waals surface area (Å²) in [5.41, 5.74) is 6.21. The molecular weight excluding hydrogens is 494 g/mol. The van der Waals surface area contributed by atoms with Gasteiger partial charge < -0.3 is 24.8 Å². The lowest BCUT2D eigenvalue weighted by atomic mass is 9.96. The number of hydrogen-bond acceptors (Lipinski definition) is 4. The van der Waals surface area contributed by atoms with Gasteiger partial charge in [-0.2, -0.15) is 0 Å². The average molecular weight is 526 g/mol. The van der Waals surface area contributed by atoms with Gasteiger partial charge in [-0.25, -0.2) is 0 Å². The molecule has 1 amide bonds. The van der Waals surface area contributed by atoms with Gasteiger partial charge in [-0.15, -0.1) is 0 Å². The zero-order valence-electron chi connectivity index (χ0n) is 21.7. The second-order valence-electron chi connectivity index (χ2n) is 9.26. The fraction of sp³-hybridized carbons (Fsp3) is 0.233. The molecule has 1 aliphatic heterocycles. The molecule has 0 spiro atoms. The predicted molar refractivity (Wildman–Crippen MR) is 155 cm³/mol. The maximum absolute atomic E-state index is 12.4. The topological polar surface area (TPSA) is 71.4 Å². The van der Waals surface area contributed by atoms with E-state index in [1.807, 2.05) is 79.0 Å². The van der Waals surface area contributed by atoms with Crippen LogP contribution in [-0.2, 0) is 11.3 Å². The third-order valence-electron chi connectivity index (χ3n) is 6.89. The minimum Gasteiger partial charge on any atom is -0.484 e. The van der Waals surface area contributed by atoms with Gasteiger partial charge in [0, 0.05) is 35.5 Å². The summed E-state index contributed by atoms with van der Waals surface area (Å²) in [7, 11) is 0. The van der Waals surface area contributed by atoms with Gasteiger partial charge in [-0.05, 0) is 93.1 Å². The Kier molecular flexibility index (Phi) is 7.42. The Morgan fingerprint density at radius 1 is 1.05 bits per heavy atom. The molecule has 1 aliphatic rings. The first kappa shape index (κ1) is 25.5. The number of amides is 1. The summed E-state index contributed by atoms with van der Waals surface area (Å²) in [6, 6.07) is 25.0. The lowest BCUT2D eigenvalue weighted by molar-refractivity contribution is -0.118. The predicted octanol–water partition coefficient (Wildman–Crippen LogP) is 5.71. The number of benzene rings is 2. The van der Waals surface area contributed by atoms with Crippen LogP contribution in [0.25, 0.3) is 0 Å². The zero-order valence-corrected chi connectivity index (χ0v) is 22.5. The van der Waals surface area contributed by atoms with E-state index in [9.17, 15) is 4.79 Å². The summed E-state index contributed by atoms with van der Waals surface area (Å²) in [6.07, 6.45) is 1.81. The highest BCUT2D eigenvalue weighted by Gasteiger charge is 2.42. The van der Waals surface area contributed by atoms with E-state index in [1.165, 1.54) is 17.0 Å². The van der Waals surface area contributed by atoms with Crippen LogP contribution in [0.3, 0.4) is 0 Å². The molecular formula is C30H31N5O2S. The minimum absolute atomic E-state index is 0.0627. The number of aryl methyl sites for hydroxylation is 1. The molecule has 7 nitrogen and oxygen atoms in total. The van der Waals surface area contributed by atoms with Crippen LogP contribution in [0.1, 0.15) is 41.7 Å². The Morgan fingerprint density at radius 2 is 1.79 bits per heavy atom. The molecule has 0 radical (unpaired) electrons. The number of nitrogens with one attached hydrogen (secondary N) is 2. The first-order valence-electron chi connectivity index (χ1n) is 12.7. The highest BCUT2D eigenvalue weighted by atomic mass is 32.1. The van der Waals surface area contributed by atoms with Crippen molar-refractivity contribution in [2.75, 3.05) is 16.8 Å². The maximum Gasteiger partial charge on any atom is 0.262 e. The molecule has 8 heteroatoms. The Balaban J connectivity index is 1.40. The Morgan fingerprint density at radius 3 is 2.45 bits per heavy atom. The van der Waals surface area contributed by atoms with Crippen LogP contribution in [0.5, 0.6) is 5.75 Å². The Labute approximate surface area is 228 Å². The quantitative estimate of drug-likeness (QED) is 0.287. The number of hydrogen-bond donors (Lipinski definition) is 2. The van der Waals surface area contributed by atoms with Crippen molar-refractivity contribution in [2.45, 2.75) is 39.4 Å². The van der Waals surface area contributed by atoms with Crippen LogP contribution in [0.15, 0.2) is 85.1 Å². The normalized spacial score (nSPS) is 16.8. The van der Waals surface area contributed by atoms with Crippen molar-refractivity contribution in [3.05, 3.63) is 108 Å². The molecule has 2 aromatic carbocycles. The lowest BCUT2D eigenvalue weighted by Crippen LogP contribution is -2.29. The van der Waals surface area contributed by atoms with Crippen molar-refractivity contribution in [1.29, 1.82) is 0 Å². The number of ether oxygens (including phenoxy) is 1. The number of para-hydroxylation sites is 1. The number of pyridine rings is 1. The summed E-state index contributed by atoms with van der Waals surface area (Å²) in [5.74, 6) is 0.434. The van der Waals surface area contributed by atoms with Crippen LogP contribution in [-0.4, -0.2) is 27.2 Å². The van der Waals surface area contributed by atoms with Crippen LogP contribution < -0.4 is 20.3 Å². The van der Waals surface area contributed by atoms with E-state index in [1.54, 1.807) is 0 Å². The Hall–Kier alpha value is -4.17. The first-order valence-corrected chi connectivity index (χ1v) is 13.1. The molecule has 0 saturated carbocycles. The number of carbonyl (C=O) groups is 1. The monoisotopic (exact) mass is 525 g/mol. The number of nitrogens with zero attached hydrogens (tertiary/aromatic N) is 3. The number of rotatable bonds is 8. The average Bonchev–Trinajstić information content (AvgIpc) is 3.43. The SMILES string of the molecule is CCn1c(C)cc([C@H]2[C@@H](c3ccccn3)NC(=S)N2c2ccc(NC(=O)COc3ccccc3)cc2)c1C. The second-order valence-corrected chi connectivity index (χ2v) is 9.65. The summed E-state index contributed by atoms with van der Waals surface area (Å²) in [5, 5.41) is 7.06. The summed E-state index contributed by atoms with van der Waals surface area (Å²) in [4.78, 5) is 19.2. The lowest BCUT2D eigenvalue weighted by Gasteiger charge is -2.28. The van der Waals surface area contributed by atoms with Gasteiger partial charge >= 0.3 is 0 Å². The molecule has 1 fully saturated rings. The molecule has 0 bridgehead atoms. The van der Waals surface area contributed by atoms with E-state index >= 15 is 0 Å². The summed E-state index contributed by atoms with van der Waals surface area (Å²) in [6.45, 7) is 7.30. The molecule has 38 heavy (non-hydrogen) atoms. The highest BCUT2D eigenvalue weighted by Crippen LogP contribution is 2.43. The van der Waals surface area contributed by atoms with E-state index in [2.05, 4.69) is 51.9 Å². The van der Waals surface area contributed by atoms with Crippen LogP contribution in [0.2, 0.25) is 0 Å². The van der Waals surface area contributed by atoms with Gasteiger partial charge in [-0.3, -0.25) is 9.78 Å².